The Morgan fingerprint density at radius 1 is 1.18 bits per heavy atom. The molecule has 3 rings (SSSR count). The standard InChI is InChI=1S/C20H23FN4O3/c1-14-11-18(19(25(27)28)12-15(14)2)22-20(26)13-23-7-9-24(10-8-23)17-5-3-16(21)4-6-17/h3-6,11-12H,7-10,13H2,1-2H3,(H,22,26)/p+1. The van der Waals surface area contributed by atoms with Gasteiger partial charge in [0, 0.05) is 11.8 Å². The van der Waals surface area contributed by atoms with Crippen molar-refractivity contribution in [3.63, 3.8) is 0 Å². The number of rotatable bonds is 5. The highest BCUT2D eigenvalue weighted by atomic mass is 19.1. The Bertz CT molecular complexity index is 878. The molecule has 0 aliphatic carbocycles. The van der Waals surface area contributed by atoms with Crippen LogP contribution in [0.3, 0.4) is 0 Å². The summed E-state index contributed by atoms with van der Waals surface area (Å²) in [5.74, 6) is -0.498. The van der Waals surface area contributed by atoms with Crippen LogP contribution >= 0.6 is 0 Å². The molecule has 8 heteroatoms. The second-order valence-corrected chi connectivity index (χ2v) is 7.15. The summed E-state index contributed by atoms with van der Waals surface area (Å²) in [7, 11) is 0. The number of aryl methyl sites for hydroxylation is 2. The second kappa shape index (κ2) is 8.35. The van der Waals surface area contributed by atoms with Crippen LogP contribution in [0.25, 0.3) is 0 Å². The van der Waals surface area contributed by atoms with Crippen molar-refractivity contribution in [1.82, 2.24) is 0 Å². The molecular formula is C20H24FN4O3+. The van der Waals surface area contributed by atoms with E-state index in [-0.39, 0.29) is 29.6 Å². The zero-order valence-corrected chi connectivity index (χ0v) is 16.0. The third-order valence-corrected chi connectivity index (χ3v) is 5.16. The summed E-state index contributed by atoms with van der Waals surface area (Å²) in [6.07, 6.45) is 0. The predicted octanol–water partition coefficient (Wildman–Crippen LogP) is 1.69. The molecule has 1 fully saturated rings. The summed E-state index contributed by atoms with van der Waals surface area (Å²) in [6, 6.07) is 9.53. The third-order valence-electron chi connectivity index (χ3n) is 5.16. The normalized spacial score (nSPS) is 14.8. The number of benzene rings is 2. The van der Waals surface area contributed by atoms with Crippen LogP contribution in [0.5, 0.6) is 0 Å². The molecule has 2 aromatic carbocycles. The van der Waals surface area contributed by atoms with Crippen LogP contribution in [-0.2, 0) is 4.79 Å². The molecule has 1 amide bonds. The summed E-state index contributed by atoms with van der Waals surface area (Å²) in [5, 5.41) is 14.0. The first-order chi connectivity index (χ1) is 13.3. The van der Waals surface area contributed by atoms with Gasteiger partial charge in [-0.3, -0.25) is 14.9 Å². The minimum atomic E-state index is -0.476. The summed E-state index contributed by atoms with van der Waals surface area (Å²) in [5.41, 5.74) is 2.82. The van der Waals surface area contributed by atoms with Crippen molar-refractivity contribution in [2.75, 3.05) is 42.9 Å². The van der Waals surface area contributed by atoms with Crippen LogP contribution in [0.2, 0.25) is 0 Å². The highest BCUT2D eigenvalue weighted by Gasteiger charge is 2.24. The molecule has 1 aliphatic rings. The Kier molecular flexibility index (Phi) is 5.89. The van der Waals surface area contributed by atoms with E-state index in [0.29, 0.717) is 0 Å². The monoisotopic (exact) mass is 387 g/mol. The average Bonchev–Trinajstić information content (AvgIpc) is 2.65. The number of hydrogen-bond donors (Lipinski definition) is 2. The first kappa shape index (κ1) is 19.8. The number of nitrogens with zero attached hydrogens (tertiary/aromatic N) is 2. The first-order valence-corrected chi connectivity index (χ1v) is 9.23. The van der Waals surface area contributed by atoms with E-state index < -0.39 is 4.92 Å². The molecule has 2 aromatic rings. The molecule has 0 unspecified atom stereocenters. The van der Waals surface area contributed by atoms with Gasteiger partial charge in [0.15, 0.2) is 6.54 Å². The lowest BCUT2D eigenvalue weighted by Gasteiger charge is -2.33. The highest BCUT2D eigenvalue weighted by Crippen LogP contribution is 2.27. The Balaban J connectivity index is 1.57. The fourth-order valence-corrected chi connectivity index (χ4v) is 3.38. The van der Waals surface area contributed by atoms with Crippen LogP contribution in [0.15, 0.2) is 36.4 Å². The van der Waals surface area contributed by atoms with Crippen molar-refractivity contribution in [2.45, 2.75) is 13.8 Å². The predicted molar refractivity (Wildman–Crippen MR) is 105 cm³/mol. The number of halogens is 1. The number of anilines is 2. The van der Waals surface area contributed by atoms with Gasteiger partial charge in [-0.25, -0.2) is 4.39 Å². The smallest absolute Gasteiger partial charge is 0.293 e. The molecular weight excluding hydrogens is 363 g/mol. The number of nitro benzene ring substituents is 1. The van der Waals surface area contributed by atoms with Gasteiger partial charge in [-0.05, 0) is 55.3 Å². The van der Waals surface area contributed by atoms with Crippen LogP contribution < -0.4 is 15.1 Å². The number of nitro groups is 1. The zero-order valence-electron chi connectivity index (χ0n) is 16.0. The average molecular weight is 387 g/mol. The molecule has 148 valence electrons. The van der Waals surface area contributed by atoms with E-state index in [9.17, 15) is 19.3 Å². The third kappa shape index (κ3) is 4.64. The Morgan fingerprint density at radius 2 is 1.79 bits per heavy atom. The van der Waals surface area contributed by atoms with Gasteiger partial charge in [-0.1, -0.05) is 0 Å². The van der Waals surface area contributed by atoms with Gasteiger partial charge < -0.3 is 15.1 Å². The lowest BCUT2D eigenvalue weighted by Crippen LogP contribution is -3.15. The number of nitrogens with one attached hydrogen (secondary N) is 2. The van der Waals surface area contributed by atoms with E-state index in [1.54, 1.807) is 25.1 Å². The molecule has 28 heavy (non-hydrogen) atoms. The fraction of sp³-hybridized carbons (Fsp3) is 0.350. The molecule has 0 atom stereocenters. The Morgan fingerprint density at radius 3 is 2.39 bits per heavy atom. The van der Waals surface area contributed by atoms with Crippen LogP contribution in [0, 0.1) is 29.8 Å². The lowest BCUT2D eigenvalue weighted by molar-refractivity contribution is -0.892. The van der Waals surface area contributed by atoms with Gasteiger partial charge in [0.2, 0.25) is 0 Å². The van der Waals surface area contributed by atoms with Gasteiger partial charge in [-0.2, -0.15) is 0 Å². The number of amides is 1. The lowest BCUT2D eigenvalue weighted by atomic mass is 10.1. The second-order valence-electron chi connectivity index (χ2n) is 7.15. The molecule has 0 spiro atoms. The van der Waals surface area contributed by atoms with Crippen molar-refractivity contribution < 1.29 is 19.0 Å². The van der Waals surface area contributed by atoms with Crippen molar-refractivity contribution in [1.29, 1.82) is 0 Å². The molecule has 0 bridgehead atoms. The molecule has 1 heterocycles. The van der Waals surface area contributed by atoms with E-state index in [2.05, 4.69) is 10.2 Å². The Hall–Kier alpha value is -3.00. The molecule has 1 aliphatic heterocycles. The van der Waals surface area contributed by atoms with Gasteiger partial charge in [-0.15, -0.1) is 0 Å². The molecule has 7 nitrogen and oxygen atoms in total. The maximum absolute atomic E-state index is 13.1. The summed E-state index contributed by atoms with van der Waals surface area (Å²) in [4.78, 5) is 26.5. The number of carbonyl (C=O) groups excluding carboxylic acids is 1. The minimum Gasteiger partial charge on any atom is -0.360 e. The van der Waals surface area contributed by atoms with Crippen LogP contribution in [0.1, 0.15) is 11.1 Å². The van der Waals surface area contributed by atoms with Gasteiger partial charge in [0.05, 0.1) is 31.1 Å². The topological polar surface area (TPSA) is 79.9 Å². The van der Waals surface area contributed by atoms with Crippen LogP contribution in [-0.4, -0.2) is 43.6 Å². The first-order valence-electron chi connectivity index (χ1n) is 9.23. The van der Waals surface area contributed by atoms with E-state index >= 15 is 0 Å². The minimum absolute atomic E-state index is 0.0902. The maximum Gasteiger partial charge on any atom is 0.293 e. The Labute approximate surface area is 162 Å². The molecule has 2 N–H and O–H groups in total. The summed E-state index contributed by atoms with van der Waals surface area (Å²) < 4.78 is 13.1. The highest BCUT2D eigenvalue weighted by molar-refractivity contribution is 5.94. The van der Waals surface area contributed by atoms with Gasteiger partial charge >= 0.3 is 0 Å². The number of quaternary nitrogens is 1. The van der Waals surface area contributed by atoms with E-state index in [4.69, 9.17) is 0 Å². The van der Waals surface area contributed by atoms with Gasteiger partial charge in [0.1, 0.15) is 11.5 Å². The number of hydrogen-bond acceptors (Lipinski definition) is 4. The summed E-state index contributed by atoms with van der Waals surface area (Å²) >= 11 is 0. The van der Waals surface area contributed by atoms with E-state index in [1.807, 2.05) is 6.92 Å². The molecule has 1 saturated heterocycles. The molecule has 0 saturated carbocycles. The van der Waals surface area contributed by atoms with Crippen molar-refractivity contribution >= 4 is 23.0 Å². The largest absolute Gasteiger partial charge is 0.360 e. The van der Waals surface area contributed by atoms with Gasteiger partial charge in [0.25, 0.3) is 11.6 Å². The summed E-state index contributed by atoms with van der Waals surface area (Å²) in [6.45, 7) is 6.96. The molecule has 0 radical (unpaired) electrons. The van der Waals surface area contributed by atoms with Crippen LogP contribution in [0.4, 0.5) is 21.5 Å². The number of piperazine rings is 1. The maximum atomic E-state index is 13.1. The zero-order chi connectivity index (χ0) is 20.3. The number of carbonyl (C=O) groups is 1. The van der Waals surface area contributed by atoms with E-state index in [1.165, 1.54) is 18.2 Å². The van der Waals surface area contributed by atoms with E-state index in [0.717, 1.165) is 47.9 Å². The SMILES string of the molecule is Cc1cc(NC(=O)C[NH+]2CCN(c3ccc(F)cc3)CC2)c([N+](=O)[O-])cc1C. The van der Waals surface area contributed by atoms with Crippen molar-refractivity contribution in [3.05, 3.63) is 63.5 Å². The van der Waals surface area contributed by atoms with Crippen molar-refractivity contribution in [2.24, 2.45) is 0 Å². The van der Waals surface area contributed by atoms with Crippen molar-refractivity contribution in [3.8, 4) is 0 Å². The quantitative estimate of drug-likeness (QED) is 0.605. The fourth-order valence-electron chi connectivity index (χ4n) is 3.38. The molecule has 0 aromatic heterocycles.